The zero-order valence-corrected chi connectivity index (χ0v) is 10.9. The van der Waals surface area contributed by atoms with Crippen molar-refractivity contribution in [3.63, 3.8) is 0 Å². The Balaban J connectivity index is 2.74. The maximum Gasteiger partial charge on any atom is 0.218 e. The summed E-state index contributed by atoms with van der Waals surface area (Å²) in [6, 6.07) is 10.1. The molecular formula is C11H17ClO2Si. The number of halogens is 1. The number of hydrogen-bond acceptors (Lipinski definition) is 2. The van der Waals surface area contributed by atoms with Crippen LogP contribution in [0.15, 0.2) is 30.3 Å². The van der Waals surface area contributed by atoms with Crippen molar-refractivity contribution in [2.45, 2.75) is 19.2 Å². The average Bonchev–Trinajstić information content (AvgIpc) is 2.27. The summed E-state index contributed by atoms with van der Waals surface area (Å²) in [5, 5.41) is 10.3. The highest BCUT2D eigenvalue weighted by atomic mass is 35.5. The van der Waals surface area contributed by atoms with E-state index >= 15 is 0 Å². The van der Waals surface area contributed by atoms with E-state index in [1.54, 1.807) is 0 Å². The minimum Gasteiger partial charge on any atom is -0.406 e. The van der Waals surface area contributed by atoms with Crippen LogP contribution in [0.4, 0.5) is 0 Å². The van der Waals surface area contributed by atoms with Crippen molar-refractivity contribution >= 4 is 25.1 Å². The zero-order chi connectivity index (χ0) is 11.3. The SMILES string of the molecule is C[Si](C)(OC(CO)CCl)c1ccccc1. The van der Waals surface area contributed by atoms with Crippen molar-refractivity contribution in [3.8, 4) is 0 Å². The molecule has 0 radical (unpaired) electrons. The molecule has 0 saturated heterocycles. The Labute approximate surface area is 97.0 Å². The van der Waals surface area contributed by atoms with Crippen LogP contribution in [0.5, 0.6) is 0 Å². The first-order valence-corrected chi connectivity index (χ1v) is 8.44. The topological polar surface area (TPSA) is 29.5 Å². The molecule has 0 aliphatic heterocycles. The second-order valence-electron chi connectivity index (χ2n) is 3.95. The highest BCUT2D eigenvalue weighted by Crippen LogP contribution is 2.09. The normalized spacial score (nSPS) is 13.9. The highest BCUT2D eigenvalue weighted by Gasteiger charge is 2.28. The van der Waals surface area contributed by atoms with Crippen LogP contribution < -0.4 is 5.19 Å². The molecule has 0 heterocycles. The number of alkyl halides is 1. The third kappa shape index (κ3) is 3.61. The molecule has 84 valence electrons. The highest BCUT2D eigenvalue weighted by molar-refractivity contribution is 6.84. The van der Waals surface area contributed by atoms with Gasteiger partial charge in [-0.05, 0) is 18.3 Å². The number of aliphatic hydroxyl groups excluding tert-OH is 1. The van der Waals surface area contributed by atoms with E-state index in [2.05, 4.69) is 25.2 Å². The number of rotatable bonds is 5. The fourth-order valence-corrected chi connectivity index (χ4v) is 3.83. The molecule has 1 aromatic carbocycles. The largest absolute Gasteiger partial charge is 0.406 e. The van der Waals surface area contributed by atoms with Gasteiger partial charge in [0, 0.05) is 5.88 Å². The van der Waals surface area contributed by atoms with E-state index in [0.717, 1.165) is 0 Å². The van der Waals surface area contributed by atoms with Gasteiger partial charge >= 0.3 is 0 Å². The summed E-state index contributed by atoms with van der Waals surface area (Å²) in [6.07, 6.45) is -0.256. The molecule has 1 unspecified atom stereocenters. The maximum atomic E-state index is 9.05. The van der Waals surface area contributed by atoms with E-state index in [-0.39, 0.29) is 12.7 Å². The minimum absolute atomic E-state index is 0.0211. The van der Waals surface area contributed by atoms with E-state index in [9.17, 15) is 0 Å². The Morgan fingerprint density at radius 1 is 1.33 bits per heavy atom. The van der Waals surface area contributed by atoms with Gasteiger partial charge in [0.2, 0.25) is 8.32 Å². The molecule has 0 saturated carbocycles. The first kappa shape index (κ1) is 12.7. The Morgan fingerprint density at radius 3 is 2.40 bits per heavy atom. The maximum absolute atomic E-state index is 9.05. The quantitative estimate of drug-likeness (QED) is 0.631. The summed E-state index contributed by atoms with van der Waals surface area (Å²) in [5.41, 5.74) is 0. The molecule has 0 aromatic heterocycles. The summed E-state index contributed by atoms with van der Waals surface area (Å²) in [5.74, 6) is 0.333. The molecule has 0 amide bonds. The molecule has 0 aliphatic rings. The van der Waals surface area contributed by atoms with Crippen LogP contribution in [0.3, 0.4) is 0 Å². The van der Waals surface area contributed by atoms with Crippen molar-refractivity contribution in [3.05, 3.63) is 30.3 Å². The van der Waals surface area contributed by atoms with Crippen molar-refractivity contribution in [1.82, 2.24) is 0 Å². The molecule has 0 fully saturated rings. The molecule has 0 aliphatic carbocycles. The lowest BCUT2D eigenvalue weighted by molar-refractivity contribution is 0.128. The Morgan fingerprint density at radius 2 is 1.93 bits per heavy atom. The Hall–Kier alpha value is -0.353. The summed E-state index contributed by atoms with van der Waals surface area (Å²) < 4.78 is 5.88. The molecule has 1 rings (SSSR count). The van der Waals surface area contributed by atoms with Gasteiger partial charge in [-0.1, -0.05) is 30.3 Å². The zero-order valence-electron chi connectivity index (χ0n) is 9.11. The number of benzene rings is 1. The molecule has 15 heavy (non-hydrogen) atoms. The Kier molecular flexibility index (Phi) is 4.79. The first-order valence-electron chi connectivity index (χ1n) is 5.00. The van der Waals surface area contributed by atoms with Gasteiger partial charge in [-0.2, -0.15) is 0 Å². The molecular weight excluding hydrogens is 228 g/mol. The van der Waals surface area contributed by atoms with Crippen LogP contribution in [0.2, 0.25) is 13.1 Å². The van der Waals surface area contributed by atoms with E-state index in [1.165, 1.54) is 5.19 Å². The second-order valence-corrected chi connectivity index (χ2v) is 8.10. The van der Waals surface area contributed by atoms with Gasteiger partial charge < -0.3 is 9.53 Å². The predicted octanol–water partition coefficient (Wildman–Crippen LogP) is 1.71. The van der Waals surface area contributed by atoms with Crippen molar-refractivity contribution in [1.29, 1.82) is 0 Å². The average molecular weight is 245 g/mol. The van der Waals surface area contributed by atoms with Crippen LogP contribution in [-0.2, 0) is 4.43 Å². The fraction of sp³-hybridized carbons (Fsp3) is 0.455. The van der Waals surface area contributed by atoms with Gasteiger partial charge in [-0.3, -0.25) is 0 Å². The van der Waals surface area contributed by atoms with Crippen molar-refractivity contribution < 1.29 is 9.53 Å². The lowest BCUT2D eigenvalue weighted by atomic mass is 10.4. The third-order valence-corrected chi connectivity index (χ3v) is 5.30. The van der Waals surface area contributed by atoms with Crippen LogP contribution in [0.1, 0.15) is 0 Å². The lowest BCUT2D eigenvalue weighted by Crippen LogP contribution is -2.48. The summed E-state index contributed by atoms with van der Waals surface area (Å²) in [4.78, 5) is 0. The molecule has 1 atom stereocenters. The standard InChI is InChI=1S/C11H17ClO2Si/c1-15(2,14-10(8-12)9-13)11-6-4-3-5-7-11/h3-7,10,13H,8-9H2,1-2H3. The summed E-state index contributed by atoms with van der Waals surface area (Å²) in [7, 11) is -1.93. The predicted molar refractivity (Wildman–Crippen MR) is 66.2 cm³/mol. The fourth-order valence-electron chi connectivity index (χ4n) is 1.44. The Bertz CT molecular complexity index is 286. The van der Waals surface area contributed by atoms with Gasteiger partial charge in [-0.15, -0.1) is 11.6 Å². The smallest absolute Gasteiger partial charge is 0.218 e. The molecule has 1 N–H and O–H groups in total. The summed E-state index contributed by atoms with van der Waals surface area (Å²) >= 11 is 5.70. The van der Waals surface area contributed by atoms with E-state index in [1.807, 2.05) is 18.2 Å². The molecule has 2 nitrogen and oxygen atoms in total. The van der Waals surface area contributed by atoms with Gasteiger partial charge in [0.05, 0.1) is 12.7 Å². The van der Waals surface area contributed by atoms with Crippen LogP contribution in [0, 0.1) is 0 Å². The lowest BCUT2D eigenvalue weighted by Gasteiger charge is -2.27. The number of hydrogen-bond donors (Lipinski definition) is 1. The molecule has 1 aromatic rings. The monoisotopic (exact) mass is 244 g/mol. The minimum atomic E-state index is -1.93. The first-order chi connectivity index (χ1) is 7.10. The van der Waals surface area contributed by atoms with Gasteiger partial charge in [-0.25, -0.2) is 0 Å². The van der Waals surface area contributed by atoms with Gasteiger partial charge in [0.25, 0.3) is 0 Å². The molecule has 0 bridgehead atoms. The second kappa shape index (κ2) is 5.65. The molecule has 4 heteroatoms. The van der Waals surface area contributed by atoms with E-state index < -0.39 is 8.32 Å². The van der Waals surface area contributed by atoms with Crippen LogP contribution >= 0.6 is 11.6 Å². The van der Waals surface area contributed by atoms with Crippen LogP contribution in [0.25, 0.3) is 0 Å². The third-order valence-electron chi connectivity index (χ3n) is 2.31. The number of aliphatic hydroxyl groups is 1. The van der Waals surface area contributed by atoms with E-state index in [4.69, 9.17) is 21.1 Å². The van der Waals surface area contributed by atoms with Crippen LogP contribution in [-0.4, -0.2) is 32.0 Å². The van der Waals surface area contributed by atoms with Gasteiger partial charge in [0.15, 0.2) is 0 Å². The summed E-state index contributed by atoms with van der Waals surface area (Å²) in [6.45, 7) is 4.20. The van der Waals surface area contributed by atoms with Crippen molar-refractivity contribution in [2.75, 3.05) is 12.5 Å². The van der Waals surface area contributed by atoms with Gasteiger partial charge in [0.1, 0.15) is 0 Å². The van der Waals surface area contributed by atoms with Crippen molar-refractivity contribution in [2.24, 2.45) is 0 Å². The molecule has 0 spiro atoms. The van der Waals surface area contributed by atoms with E-state index in [0.29, 0.717) is 5.88 Å².